The van der Waals surface area contributed by atoms with E-state index in [0.717, 1.165) is 5.56 Å². The van der Waals surface area contributed by atoms with Crippen molar-refractivity contribution in [2.45, 2.75) is 0 Å². The highest BCUT2D eigenvalue weighted by molar-refractivity contribution is 5.81. The maximum atomic E-state index is 11.0. The van der Waals surface area contributed by atoms with Crippen molar-refractivity contribution in [1.82, 2.24) is 9.97 Å². The van der Waals surface area contributed by atoms with Crippen LogP contribution in [0.5, 0.6) is 0 Å². The fourth-order valence-electron chi connectivity index (χ4n) is 1.21. The number of aromatic amines is 2. The molecule has 1 aromatic heterocycles. The second-order valence-electron chi connectivity index (χ2n) is 3.14. The molecular formula is C11H9N3O2. The summed E-state index contributed by atoms with van der Waals surface area (Å²) in [7, 11) is 0. The molecule has 80 valence electrons. The molecule has 2 rings (SSSR count). The van der Waals surface area contributed by atoms with Gasteiger partial charge in [-0.3, -0.25) is 14.8 Å². The minimum Gasteiger partial charge on any atom is -0.292 e. The molecule has 2 aromatic rings. The van der Waals surface area contributed by atoms with E-state index in [9.17, 15) is 9.59 Å². The molecule has 0 aliphatic rings. The zero-order chi connectivity index (χ0) is 11.4. The fourth-order valence-corrected chi connectivity index (χ4v) is 1.21. The first-order valence-corrected chi connectivity index (χ1v) is 4.67. The van der Waals surface area contributed by atoms with E-state index < -0.39 is 11.2 Å². The molecule has 5 nitrogen and oxygen atoms in total. The van der Waals surface area contributed by atoms with Gasteiger partial charge in [0.25, 0.3) is 5.56 Å². The molecule has 0 spiro atoms. The average molecular weight is 215 g/mol. The molecule has 5 heteroatoms. The second kappa shape index (κ2) is 4.39. The summed E-state index contributed by atoms with van der Waals surface area (Å²) in [6.07, 6.45) is 1.57. The molecule has 0 aliphatic heterocycles. The Kier molecular flexibility index (Phi) is 2.77. The van der Waals surface area contributed by atoms with Crippen LogP contribution in [0.2, 0.25) is 0 Å². The third kappa shape index (κ3) is 2.54. The van der Waals surface area contributed by atoms with Crippen molar-refractivity contribution < 1.29 is 0 Å². The Balaban J connectivity index is 2.31. The van der Waals surface area contributed by atoms with Crippen molar-refractivity contribution in [2.75, 3.05) is 0 Å². The number of H-pyrrole nitrogens is 2. The lowest BCUT2D eigenvalue weighted by Gasteiger charge is -1.92. The number of aromatic nitrogens is 2. The monoisotopic (exact) mass is 215 g/mol. The van der Waals surface area contributed by atoms with E-state index >= 15 is 0 Å². The van der Waals surface area contributed by atoms with E-state index in [1.54, 1.807) is 6.21 Å². The molecule has 0 bridgehead atoms. The molecular weight excluding hydrogens is 206 g/mol. The third-order valence-electron chi connectivity index (χ3n) is 1.90. The molecule has 2 N–H and O–H groups in total. The van der Waals surface area contributed by atoms with E-state index in [0.29, 0.717) is 0 Å². The van der Waals surface area contributed by atoms with Gasteiger partial charge in [0.05, 0.1) is 0 Å². The Labute approximate surface area is 90.5 Å². The summed E-state index contributed by atoms with van der Waals surface area (Å²) >= 11 is 0. The van der Waals surface area contributed by atoms with Gasteiger partial charge in [0, 0.05) is 12.3 Å². The molecule has 16 heavy (non-hydrogen) atoms. The van der Waals surface area contributed by atoms with Crippen molar-refractivity contribution in [3.8, 4) is 0 Å². The van der Waals surface area contributed by atoms with Crippen molar-refractivity contribution in [3.63, 3.8) is 0 Å². The van der Waals surface area contributed by atoms with Gasteiger partial charge in [-0.25, -0.2) is 9.79 Å². The van der Waals surface area contributed by atoms with E-state index in [-0.39, 0.29) is 5.82 Å². The number of rotatable bonds is 2. The number of nitrogens with zero attached hydrogens (tertiary/aromatic N) is 1. The first-order valence-electron chi connectivity index (χ1n) is 4.67. The van der Waals surface area contributed by atoms with Crippen LogP contribution in [0.1, 0.15) is 5.56 Å². The molecule has 0 fully saturated rings. The van der Waals surface area contributed by atoms with E-state index in [4.69, 9.17) is 0 Å². The Morgan fingerprint density at radius 1 is 1.06 bits per heavy atom. The van der Waals surface area contributed by atoms with Crippen LogP contribution in [0.25, 0.3) is 0 Å². The van der Waals surface area contributed by atoms with Crippen LogP contribution in [-0.2, 0) is 0 Å². The largest absolute Gasteiger partial charge is 0.327 e. The van der Waals surface area contributed by atoms with E-state index in [1.165, 1.54) is 6.07 Å². The van der Waals surface area contributed by atoms with E-state index in [1.807, 2.05) is 30.3 Å². The predicted octanol–water partition coefficient (Wildman–Crippen LogP) is 0.814. The first-order chi connectivity index (χ1) is 7.74. The molecule has 0 saturated carbocycles. The van der Waals surface area contributed by atoms with Crippen molar-refractivity contribution >= 4 is 12.0 Å². The van der Waals surface area contributed by atoms with Gasteiger partial charge in [0.1, 0.15) is 5.82 Å². The smallest absolute Gasteiger partial charge is 0.292 e. The third-order valence-corrected chi connectivity index (χ3v) is 1.90. The molecule has 0 unspecified atom stereocenters. The van der Waals surface area contributed by atoms with Crippen LogP contribution in [0.15, 0.2) is 51.0 Å². The highest BCUT2D eigenvalue weighted by atomic mass is 16.2. The molecule has 0 radical (unpaired) electrons. The maximum Gasteiger partial charge on any atom is 0.327 e. The fraction of sp³-hybridized carbons (Fsp3) is 0. The Hall–Kier alpha value is -2.43. The predicted molar refractivity (Wildman–Crippen MR) is 61.4 cm³/mol. The summed E-state index contributed by atoms with van der Waals surface area (Å²) < 4.78 is 0. The minimum atomic E-state index is -0.562. The average Bonchev–Trinajstić information content (AvgIpc) is 2.27. The van der Waals surface area contributed by atoms with Gasteiger partial charge in [-0.1, -0.05) is 30.3 Å². The lowest BCUT2D eigenvalue weighted by molar-refractivity contribution is 1.03. The van der Waals surface area contributed by atoms with E-state index in [2.05, 4.69) is 15.0 Å². The zero-order valence-electron chi connectivity index (χ0n) is 8.31. The van der Waals surface area contributed by atoms with Gasteiger partial charge in [-0.2, -0.15) is 0 Å². The first kappa shape index (κ1) is 10.1. The van der Waals surface area contributed by atoms with Crippen LogP contribution < -0.4 is 11.2 Å². The van der Waals surface area contributed by atoms with Crippen LogP contribution in [0.3, 0.4) is 0 Å². The van der Waals surface area contributed by atoms with Gasteiger partial charge in [-0.15, -0.1) is 0 Å². The maximum absolute atomic E-state index is 11.0. The summed E-state index contributed by atoms with van der Waals surface area (Å²) in [5.74, 6) is 0.234. The summed E-state index contributed by atoms with van der Waals surface area (Å²) in [6, 6.07) is 10.6. The van der Waals surface area contributed by atoms with Gasteiger partial charge >= 0.3 is 5.69 Å². The van der Waals surface area contributed by atoms with Gasteiger partial charge in [0.15, 0.2) is 0 Å². The molecule has 0 saturated heterocycles. The SMILES string of the molecule is O=c1cc(N=Cc2ccccc2)[nH]c(=O)[nH]1. The molecule has 1 heterocycles. The van der Waals surface area contributed by atoms with Crippen LogP contribution in [0, 0.1) is 0 Å². The Morgan fingerprint density at radius 2 is 1.81 bits per heavy atom. The standard InChI is InChI=1S/C11H9N3O2/c15-10-6-9(13-11(16)14-10)12-7-8-4-2-1-3-5-8/h1-7H,(H2,13,14,15,16). The summed E-state index contributed by atoms with van der Waals surface area (Å²) in [6.45, 7) is 0. The van der Waals surface area contributed by atoms with Gasteiger partial charge in [-0.05, 0) is 5.56 Å². The lowest BCUT2D eigenvalue weighted by Crippen LogP contribution is -2.20. The molecule has 0 aliphatic carbocycles. The summed E-state index contributed by atoms with van der Waals surface area (Å²) in [5, 5.41) is 0. The van der Waals surface area contributed by atoms with Gasteiger partial charge < -0.3 is 0 Å². The molecule has 1 aromatic carbocycles. The lowest BCUT2D eigenvalue weighted by atomic mass is 10.2. The van der Waals surface area contributed by atoms with Gasteiger partial charge in [0.2, 0.25) is 0 Å². The highest BCUT2D eigenvalue weighted by Crippen LogP contribution is 2.01. The number of aliphatic imine (C=N–C) groups is 1. The Bertz CT molecular complexity index is 583. The Morgan fingerprint density at radius 3 is 2.50 bits per heavy atom. The normalized spacial score (nSPS) is 10.8. The molecule has 0 atom stereocenters. The van der Waals surface area contributed by atoms with Crippen LogP contribution in [-0.4, -0.2) is 16.2 Å². The number of nitrogens with one attached hydrogen (secondary N) is 2. The second-order valence-corrected chi connectivity index (χ2v) is 3.14. The number of benzene rings is 1. The van der Waals surface area contributed by atoms with Crippen LogP contribution in [0.4, 0.5) is 5.82 Å². The van der Waals surface area contributed by atoms with Crippen molar-refractivity contribution in [1.29, 1.82) is 0 Å². The quantitative estimate of drug-likeness (QED) is 0.727. The number of hydrogen-bond donors (Lipinski definition) is 2. The van der Waals surface area contributed by atoms with Crippen molar-refractivity contribution in [2.24, 2.45) is 4.99 Å². The molecule has 0 amide bonds. The highest BCUT2D eigenvalue weighted by Gasteiger charge is 1.92. The minimum absolute atomic E-state index is 0.234. The topological polar surface area (TPSA) is 78.1 Å². The summed E-state index contributed by atoms with van der Waals surface area (Å²) in [5.41, 5.74) is -0.139. The summed E-state index contributed by atoms with van der Waals surface area (Å²) in [4.78, 5) is 30.4. The zero-order valence-corrected chi connectivity index (χ0v) is 8.31. The van der Waals surface area contributed by atoms with Crippen molar-refractivity contribution in [3.05, 3.63) is 62.8 Å². The number of hydrogen-bond acceptors (Lipinski definition) is 3. The van der Waals surface area contributed by atoms with Crippen LogP contribution >= 0.6 is 0 Å².